The van der Waals surface area contributed by atoms with Crippen molar-refractivity contribution in [1.29, 1.82) is 0 Å². The summed E-state index contributed by atoms with van der Waals surface area (Å²) in [5.74, 6) is 0.719. The normalized spacial score (nSPS) is 21.0. The monoisotopic (exact) mass is 400 g/mol. The summed E-state index contributed by atoms with van der Waals surface area (Å²) < 4.78 is 6.01. The molecule has 0 N–H and O–H groups in total. The molecule has 0 radical (unpaired) electrons. The molecule has 0 bridgehead atoms. The van der Waals surface area contributed by atoms with Gasteiger partial charge in [0.1, 0.15) is 0 Å². The van der Waals surface area contributed by atoms with E-state index < -0.39 is 7.42 Å². The Labute approximate surface area is 165 Å². The van der Waals surface area contributed by atoms with Crippen LogP contribution in [0.5, 0.6) is 0 Å². The van der Waals surface area contributed by atoms with Crippen molar-refractivity contribution in [3.8, 4) is 0 Å². The minimum atomic E-state index is -1.45. The third-order valence-electron chi connectivity index (χ3n) is 5.36. The Bertz CT molecular complexity index is 455. The van der Waals surface area contributed by atoms with Gasteiger partial charge in [0.25, 0.3) is 0 Å². The van der Waals surface area contributed by atoms with E-state index in [1.165, 1.54) is 68.9 Å². The molecule has 1 saturated carbocycles. The van der Waals surface area contributed by atoms with Crippen LogP contribution in [0.3, 0.4) is 0 Å². The summed E-state index contributed by atoms with van der Waals surface area (Å²) in [5.41, 5.74) is 3.02. The van der Waals surface area contributed by atoms with E-state index in [1.807, 2.05) is 0 Å². The Hall–Kier alpha value is -0.0231. The molecule has 0 aliphatic heterocycles. The Balaban J connectivity index is 1.66. The summed E-state index contributed by atoms with van der Waals surface area (Å²) in [6.07, 6.45) is 12.9. The molecule has 0 heterocycles. The molecule has 1 aromatic rings. The van der Waals surface area contributed by atoms with E-state index in [9.17, 15) is 0 Å². The number of hydrogen-bond acceptors (Lipinski definition) is 1. The van der Waals surface area contributed by atoms with Gasteiger partial charge in [0.15, 0.2) is 0 Å². The quantitative estimate of drug-likeness (QED) is 0.222. The van der Waals surface area contributed by atoms with Gasteiger partial charge in [-0.05, 0) is 68.0 Å². The van der Waals surface area contributed by atoms with Crippen molar-refractivity contribution in [2.75, 3.05) is 6.61 Å². The summed E-state index contributed by atoms with van der Waals surface area (Å²) in [6.45, 7) is 3.09. The molecule has 0 spiro atoms. The number of aryl methyl sites for hydroxylation is 1. The Kier molecular flexibility index (Phi) is 10.5. The van der Waals surface area contributed by atoms with Gasteiger partial charge >= 0.3 is 0 Å². The van der Waals surface area contributed by atoms with Gasteiger partial charge in [-0.3, -0.25) is 0 Å². The average Bonchev–Trinajstić information content (AvgIpc) is 2.63. The highest BCUT2D eigenvalue weighted by molar-refractivity contribution is 7.33. The number of benzene rings is 1. The third-order valence-corrected chi connectivity index (χ3v) is 7.52. The van der Waals surface area contributed by atoms with Crippen LogP contribution in [0, 0.1) is 0 Å². The van der Waals surface area contributed by atoms with Crippen molar-refractivity contribution in [3.05, 3.63) is 35.4 Å². The predicted molar refractivity (Wildman–Crippen MR) is 114 cm³/mol. The third kappa shape index (κ3) is 8.47. The van der Waals surface area contributed by atoms with Gasteiger partial charge in [-0.2, -0.15) is 22.2 Å². The number of halogens is 2. The lowest BCUT2D eigenvalue weighted by Crippen LogP contribution is -2.21. The van der Waals surface area contributed by atoms with Gasteiger partial charge in [-0.15, -0.1) is 0 Å². The van der Waals surface area contributed by atoms with Crippen LogP contribution in [0.4, 0.5) is 0 Å². The number of ether oxygens (including phenoxy) is 1. The second-order valence-corrected chi connectivity index (χ2v) is 12.6. The molecular formula is C21H34Cl2OSi. The Morgan fingerprint density at radius 3 is 2.32 bits per heavy atom. The van der Waals surface area contributed by atoms with E-state index >= 15 is 0 Å². The number of rotatable bonds is 11. The highest BCUT2D eigenvalue weighted by Crippen LogP contribution is 2.34. The van der Waals surface area contributed by atoms with E-state index in [4.69, 9.17) is 26.9 Å². The van der Waals surface area contributed by atoms with Crippen molar-refractivity contribution in [2.24, 2.45) is 0 Å². The zero-order chi connectivity index (χ0) is 17.9. The molecule has 1 aromatic carbocycles. The van der Waals surface area contributed by atoms with Crippen LogP contribution in [-0.4, -0.2) is 20.1 Å². The molecule has 0 saturated heterocycles. The van der Waals surface area contributed by atoms with Crippen LogP contribution in [0.2, 0.25) is 6.04 Å². The molecule has 1 fully saturated rings. The van der Waals surface area contributed by atoms with Gasteiger partial charge in [-0.25, -0.2) is 0 Å². The van der Waals surface area contributed by atoms with Crippen molar-refractivity contribution in [1.82, 2.24) is 0 Å². The smallest absolute Gasteiger partial charge is 0.237 e. The van der Waals surface area contributed by atoms with Gasteiger partial charge < -0.3 is 4.74 Å². The molecule has 2 rings (SSSR count). The fourth-order valence-corrected chi connectivity index (χ4v) is 5.16. The van der Waals surface area contributed by atoms with Crippen LogP contribution in [-0.2, 0) is 11.2 Å². The zero-order valence-corrected chi connectivity index (χ0v) is 18.4. The molecule has 142 valence electrons. The standard InChI is InChI=1S/C21H34Cl2OSi/c1-2-3-4-5-7-18-8-10-19(11-9-18)20-12-14-21(15-13-20)24-16-6-17-25(22)23/h8-11,20-21,25H,2-7,12-17H2,1H3. The summed E-state index contributed by atoms with van der Waals surface area (Å²) >= 11 is 11.8. The maximum Gasteiger partial charge on any atom is 0.237 e. The van der Waals surface area contributed by atoms with Crippen molar-refractivity contribution in [3.63, 3.8) is 0 Å². The first-order valence-corrected chi connectivity index (χ1v) is 14.5. The molecule has 25 heavy (non-hydrogen) atoms. The van der Waals surface area contributed by atoms with E-state index in [0.29, 0.717) is 6.10 Å². The first-order chi connectivity index (χ1) is 12.2. The van der Waals surface area contributed by atoms with Crippen LogP contribution in [0.25, 0.3) is 0 Å². The molecule has 4 heteroatoms. The van der Waals surface area contributed by atoms with Crippen molar-refractivity contribution in [2.45, 2.75) is 89.2 Å². The summed E-state index contributed by atoms with van der Waals surface area (Å²) in [6, 6.07) is 10.4. The maximum atomic E-state index is 6.01. The Morgan fingerprint density at radius 1 is 0.960 bits per heavy atom. The second kappa shape index (κ2) is 12.4. The van der Waals surface area contributed by atoms with Gasteiger partial charge in [0.2, 0.25) is 7.42 Å². The van der Waals surface area contributed by atoms with Crippen LogP contribution < -0.4 is 0 Å². The van der Waals surface area contributed by atoms with Gasteiger partial charge in [0.05, 0.1) is 6.10 Å². The lowest BCUT2D eigenvalue weighted by molar-refractivity contribution is 0.0251. The van der Waals surface area contributed by atoms with Gasteiger partial charge in [0, 0.05) is 6.61 Å². The topological polar surface area (TPSA) is 9.23 Å². The van der Waals surface area contributed by atoms with E-state index in [0.717, 1.165) is 25.0 Å². The van der Waals surface area contributed by atoms with Gasteiger partial charge in [-0.1, -0.05) is 50.5 Å². The minimum absolute atomic E-state index is 0.444. The molecule has 1 nitrogen and oxygen atoms in total. The first-order valence-electron chi connectivity index (χ1n) is 10.2. The molecule has 1 aliphatic rings. The molecule has 0 amide bonds. The molecule has 0 unspecified atom stereocenters. The largest absolute Gasteiger partial charge is 0.378 e. The van der Waals surface area contributed by atoms with E-state index in [-0.39, 0.29) is 0 Å². The van der Waals surface area contributed by atoms with Crippen molar-refractivity contribution >= 4 is 29.6 Å². The minimum Gasteiger partial charge on any atom is -0.378 e. The fourth-order valence-electron chi connectivity index (χ4n) is 3.76. The lowest BCUT2D eigenvalue weighted by atomic mass is 9.82. The van der Waals surface area contributed by atoms with Crippen LogP contribution in [0.1, 0.15) is 81.8 Å². The Morgan fingerprint density at radius 2 is 1.68 bits per heavy atom. The molecule has 0 aromatic heterocycles. The second-order valence-electron chi connectivity index (χ2n) is 7.43. The molecule has 1 aliphatic carbocycles. The maximum absolute atomic E-state index is 6.01. The summed E-state index contributed by atoms with van der Waals surface area (Å²) in [5, 5.41) is 0. The van der Waals surface area contributed by atoms with Crippen LogP contribution in [0.15, 0.2) is 24.3 Å². The number of hydrogen-bond donors (Lipinski definition) is 0. The fraction of sp³-hybridized carbons (Fsp3) is 0.714. The molecular weight excluding hydrogens is 367 g/mol. The first kappa shape index (κ1) is 21.3. The summed E-state index contributed by atoms with van der Waals surface area (Å²) in [4.78, 5) is 0. The zero-order valence-electron chi connectivity index (χ0n) is 15.7. The van der Waals surface area contributed by atoms with E-state index in [1.54, 1.807) is 0 Å². The average molecular weight is 401 g/mol. The van der Waals surface area contributed by atoms with Crippen LogP contribution >= 0.6 is 22.2 Å². The summed E-state index contributed by atoms with van der Waals surface area (Å²) in [7, 11) is -1.45. The van der Waals surface area contributed by atoms with Crippen molar-refractivity contribution < 1.29 is 4.74 Å². The number of unbranched alkanes of at least 4 members (excludes halogenated alkanes) is 3. The lowest BCUT2D eigenvalue weighted by Gasteiger charge is -2.29. The molecule has 0 atom stereocenters. The predicted octanol–water partition coefficient (Wildman–Crippen LogP) is 6.94. The highest BCUT2D eigenvalue weighted by Gasteiger charge is 2.22. The van der Waals surface area contributed by atoms with E-state index in [2.05, 4.69) is 31.2 Å². The SMILES string of the molecule is CCCCCCc1ccc(C2CCC(OCCC[SiH](Cl)Cl)CC2)cc1. The highest BCUT2D eigenvalue weighted by atomic mass is 35.7.